The van der Waals surface area contributed by atoms with Gasteiger partial charge in [0.25, 0.3) is 0 Å². The van der Waals surface area contributed by atoms with Crippen molar-refractivity contribution in [3.8, 4) is 5.69 Å². The molecule has 0 unspecified atom stereocenters. The van der Waals surface area contributed by atoms with Crippen LogP contribution < -0.4 is 5.32 Å². The fraction of sp³-hybridized carbons (Fsp3) is 0.130. The average molecular weight is 434 g/mol. The van der Waals surface area contributed by atoms with E-state index in [1.807, 2.05) is 37.5 Å². The van der Waals surface area contributed by atoms with Crippen LogP contribution >= 0.6 is 11.6 Å². The van der Waals surface area contributed by atoms with Crippen LogP contribution in [0.5, 0.6) is 0 Å². The highest BCUT2D eigenvalue weighted by Crippen LogP contribution is 2.21. The van der Waals surface area contributed by atoms with E-state index in [0.29, 0.717) is 16.3 Å². The van der Waals surface area contributed by atoms with E-state index in [1.54, 1.807) is 52.1 Å². The number of anilines is 1. The molecule has 8 heteroatoms. The lowest BCUT2D eigenvalue weighted by Gasteiger charge is -2.06. The quantitative estimate of drug-likeness (QED) is 0.448. The molecule has 0 bridgehead atoms. The second-order valence-electron chi connectivity index (χ2n) is 7.13. The highest BCUT2D eigenvalue weighted by molar-refractivity contribution is 6.33. The number of hydrogen-bond donors (Lipinski definition) is 1. The molecule has 4 aromatic rings. The summed E-state index contributed by atoms with van der Waals surface area (Å²) in [5.74, 6) is -0.209. The van der Waals surface area contributed by atoms with Crippen LogP contribution in [0, 0.1) is 0 Å². The number of carbonyl (C=O) groups excluding carboxylic acids is 2. The largest absolute Gasteiger partial charge is 0.324 e. The molecule has 0 aliphatic rings. The maximum absolute atomic E-state index is 12.6. The van der Waals surface area contributed by atoms with Crippen LogP contribution in [0.4, 0.5) is 5.69 Å². The van der Waals surface area contributed by atoms with E-state index in [9.17, 15) is 9.59 Å². The van der Waals surface area contributed by atoms with Crippen LogP contribution in [0.1, 0.15) is 21.6 Å². The van der Waals surface area contributed by atoms with Gasteiger partial charge in [-0.3, -0.25) is 14.3 Å². The molecule has 0 radical (unpaired) electrons. The van der Waals surface area contributed by atoms with Crippen LogP contribution in [-0.2, 0) is 24.7 Å². The molecule has 2 heterocycles. The lowest BCUT2D eigenvalue weighted by atomic mass is 10.1. The molecule has 0 spiro atoms. The normalized spacial score (nSPS) is 10.8. The van der Waals surface area contributed by atoms with Crippen molar-refractivity contribution in [2.45, 2.75) is 12.8 Å². The monoisotopic (exact) mass is 433 g/mol. The Kier molecular flexibility index (Phi) is 5.95. The lowest BCUT2D eigenvalue weighted by molar-refractivity contribution is -0.115. The van der Waals surface area contributed by atoms with Crippen molar-refractivity contribution in [2.75, 3.05) is 5.32 Å². The molecule has 1 N–H and O–H groups in total. The Morgan fingerprint density at radius 2 is 1.90 bits per heavy atom. The summed E-state index contributed by atoms with van der Waals surface area (Å²) < 4.78 is 3.32. The van der Waals surface area contributed by atoms with Crippen LogP contribution in [0.15, 0.2) is 73.2 Å². The SMILES string of the molecule is Cn1ccc(CC(=O)c2cccc(-n3cc(CC(=O)Nc4ccccc4Cl)cn3)c2)n1. The molecule has 4 rings (SSSR count). The fourth-order valence-electron chi connectivity index (χ4n) is 3.18. The number of nitrogens with zero attached hydrogens (tertiary/aromatic N) is 4. The van der Waals surface area contributed by atoms with E-state index in [1.165, 1.54) is 0 Å². The molecule has 31 heavy (non-hydrogen) atoms. The standard InChI is InChI=1S/C23H20ClN5O2/c1-28-10-9-18(27-28)13-22(30)17-5-4-6-19(12-17)29-15-16(14-25-29)11-23(31)26-21-8-3-2-7-20(21)24/h2-10,12,14-15H,11,13H2,1H3,(H,26,31). The van der Waals surface area contributed by atoms with Gasteiger partial charge in [0.1, 0.15) is 0 Å². The molecule has 0 atom stereocenters. The van der Waals surface area contributed by atoms with Gasteiger partial charge in [-0.15, -0.1) is 0 Å². The number of para-hydroxylation sites is 1. The maximum Gasteiger partial charge on any atom is 0.228 e. The third-order valence-electron chi connectivity index (χ3n) is 4.69. The summed E-state index contributed by atoms with van der Waals surface area (Å²) in [5, 5.41) is 11.9. The molecular formula is C23H20ClN5O2. The van der Waals surface area contributed by atoms with Crippen molar-refractivity contribution in [2.24, 2.45) is 7.05 Å². The number of halogens is 1. The molecule has 1 amide bonds. The zero-order valence-electron chi connectivity index (χ0n) is 16.8. The van der Waals surface area contributed by atoms with E-state index < -0.39 is 0 Å². The second-order valence-corrected chi connectivity index (χ2v) is 7.54. The van der Waals surface area contributed by atoms with Gasteiger partial charge in [0.2, 0.25) is 5.91 Å². The third-order valence-corrected chi connectivity index (χ3v) is 5.02. The topological polar surface area (TPSA) is 81.8 Å². The second kappa shape index (κ2) is 8.97. The predicted octanol–water partition coefficient (Wildman–Crippen LogP) is 3.87. The van der Waals surface area contributed by atoms with Gasteiger partial charge in [0.05, 0.1) is 41.1 Å². The first-order chi connectivity index (χ1) is 15.0. The molecule has 2 aromatic heterocycles. The molecule has 7 nitrogen and oxygen atoms in total. The van der Waals surface area contributed by atoms with E-state index in [4.69, 9.17) is 11.6 Å². The van der Waals surface area contributed by atoms with E-state index in [-0.39, 0.29) is 24.5 Å². The average Bonchev–Trinajstić information content (AvgIpc) is 3.38. The van der Waals surface area contributed by atoms with Crippen molar-refractivity contribution >= 4 is 29.0 Å². The summed E-state index contributed by atoms with van der Waals surface area (Å²) >= 11 is 6.08. The van der Waals surface area contributed by atoms with Gasteiger partial charge in [-0.2, -0.15) is 10.2 Å². The Morgan fingerprint density at radius 1 is 1.06 bits per heavy atom. The highest BCUT2D eigenvalue weighted by Gasteiger charge is 2.12. The summed E-state index contributed by atoms with van der Waals surface area (Å²) in [5.41, 5.74) is 3.36. The minimum absolute atomic E-state index is 0.0213. The molecule has 0 fully saturated rings. The molecule has 0 saturated heterocycles. The van der Waals surface area contributed by atoms with Gasteiger partial charge in [-0.05, 0) is 35.9 Å². The smallest absolute Gasteiger partial charge is 0.228 e. The van der Waals surface area contributed by atoms with Gasteiger partial charge in [0, 0.05) is 25.0 Å². The maximum atomic E-state index is 12.6. The van der Waals surface area contributed by atoms with Gasteiger partial charge in [-0.1, -0.05) is 35.9 Å². The van der Waals surface area contributed by atoms with Gasteiger partial charge in [0.15, 0.2) is 5.78 Å². The third kappa shape index (κ3) is 5.07. The molecule has 0 aliphatic heterocycles. The fourth-order valence-corrected chi connectivity index (χ4v) is 3.36. The van der Waals surface area contributed by atoms with Crippen LogP contribution in [-0.4, -0.2) is 31.3 Å². The van der Waals surface area contributed by atoms with E-state index in [0.717, 1.165) is 16.9 Å². The number of hydrogen-bond acceptors (Lipinski definition) is 4. The van der Waals surface area contributed by atoms with Gasteiger partial charge >= 0.3 is 0 Å². The van der Waals surface area contributed by atoms with Crippen LogP contribution in [0.3, 0.4) is 0 Å². The summed E-state index contributed by atoms with van der Waals surface area (Å²) in [6, 6.07) is 16.1. The van der Waals surface area contributed by atoms with E-state index >= 15 is 0 Å². The number of carbonyl (C=O) groups is 2. The van der Waals surface area contributed by atoms with Crippen molar-refractivity contribution in [1.29, 1.82) is 0 Å². The number of Topliss-reactive ketones (excluding diaryl/α,β-unsaturated/α-hetero) is 1. The molecular weight excluding hydrogens is 414 g/mol. The summed E-state index contributed by atoms with van der Waals surface area (Å²) in [6.07, 6.45) is 5.61. The number of amides is 1. The minimum atomic E-state index is -0.188. The zero-order valence-corrected chi connectivity index (χ0v) is 17.6. The van der Waals surface area contributed by atoms with Gasteiger partial charge < -0.3 is 5.32 Å². The number of ketones is 1. The van der Waals surface area contributed by atoms with Crippen molar-refractivity contribution < 1.29 is 9.59 Å². The molecule has 0 aliphatic carbocycles. The number of benzene rings is 2. The summed E-state index contributed by atoms with van der Waals surface area (Å²) in [4.78, 5) is 25.0. The highest BCUT2D eigenvalue weighted by atomic mass is 35.5. The number of rotatable bonds is 7. The van der Waals surface area contributed by atoms with Crippen molar-refractivity contribution in [3.63, 3.8) is 0 Å². The van der Waals surface area contributed by atoms with Crippen LogP contribution in [0.25, 0.3) is 5.69 Å². The number of aromatic nitrogens is 4. The number of nitrogens with one attached hydrogen (secondary N) is 1. The Balaban J connectivity index is 1.44. The lowest BCUT2D eigenvalue weighted by Crippen LogP contribution is -2.14. The van der Waals surface area contributed by atoms with Crippen molar-refractivity contribution in [3.05, 3.63) is 95.0 Å². The van der Waals surface area contributed by atoms with Crippen LogP contribution in [0.2, 0.25) is 5.02 Å². The van der Waals surface area contributed by atoms with Gasteiger partial charge in [-0.25, -0.2) is 4.68 Å². The number of aryl methyl sites for hydroxylation is 1. The van der Waals surface area contributed by atoms with E-state index in [2.05, 4.69) is 15.5 Å². The summed E-state index contributed by atoms with van der Waals surface area (Å²) in [7, 11) is 1.82. The Labute approximate surface area is 184 Å². The Bertz CT molecular complexity index is 1240. The first-order valence-electron chi connectivity index (χ1n) is 9.68. The minimum Gasteiger partial charge on any atom is -0.324 e. The first-order valence-corrected chi connectivity index (χ1v) is 10.1. The molecule has 0 saturated carbocycles. The van der Waals surface area contributed by atoms with Crippen molar-refractivity contribution in [1.82, 2.24) is 19.6 Å². The Hall–Kier alpha value is -3.71. The zero-order chi connectivity index (χ0) is 21.8. The molecule has 156 valence electrons. The summed E-state index contributed by atoms with van der Waals surface area (Å²) in [6.45, 7) is 0. The predicted molar refractivity (Wildman–Crippen MR) is 119 cm³/mol. The molecule has 2 aromatic carbocycles. The Morgan fingerprint density at radius 3 is 2.68 bits per heavy atom. The first kappa shape index (κ1) is 20.6.